The first-order valence-electron chi connectivity index (χ1n) is 34.7. The van der Waals surface area contributed by atoms with Gasteiger partial charge in [-0.1, -0.05) is 320 Å². The number of aliphatic hydroxyl groups excluding tert-OH is 2. The highest BCUT2D eigenvalue weighted by Crippen LogP contribution is 2.18. The van der Waals surface area contributed by atoms with Gasteiger partial charge in [0, 0.05) is 12.8 Å². The lowest BCUT2D eigenvalue weighted by atomic mass is 10.0. The fourth-order valence-electron chi connectivity index (χ4n) is 10.8. The smallest absolute Gasteiger partial charge is 0.305 e. The van der Waals surface area contributed by atoms with Gasteiger partial charge in [-0.05, 0) is 83.5 Å². The summed E-state index contributed by atoms with van der Waals surface area (Å²) in [6, 6.07) is -0.547. The molecule has 0 aliphatic carbocycles. The molecule has 0 aliphatic heterocycles. The van der Waals surface area contributed by atoms with Crippen LogP contribution in [-0.4, -0.2) is 47.4 Å². The van der Waals surface area contributed by atoms with Crippen LogP contribution in [0, 0.1) is 0 Å². The second-order valence-electron chi connectivity index (χ2n) is 23.9. The van der Waals surface area contributed by atoms with Crippen molar-refractivity contribution >= 4 is 11.9 Å². The minimum absolute atomic E-state index is 0.00908. The third-order valence-electron chi connectivity index (χ3n) is 16.2. The molecule has 0 bridgehead atoms. The van der Waals surface area contributed by atoms with E-state index in [0.717, 1.165) is 51.4 Å². The molecule has 0 rings (SSSR count). The van der Waals surface area contributed by atoms with E-state index in [1.807, 2.05) is 0 Å². The molecule has 0 aromatic heterocycles. The SMILES string of the molecule is CCCCCCCC/C=C\CCCCCCCCCCCC(=O)OCCCCCCCCCCC/C=C\C/C=C\CCCCCCCCCCCC(=O)NC(CO)C(O)CCCCCCCCCCCCCCCCCC. The van der Waals surface area contributed by atoms with Crippen LogP contribution in [0.3, 0.4) is 0 Å². The van der Waals surface area contributed by atoms with Crippen LogP contribution in [-0.2, 0) is 14.3 Å². The summed E-state index contributed by atoms with van der Waals surface area (Å²) in [5, 5.41) is 23.3. The maximum absolute atomic E-state index is 12.5. The number of amides is 1. The number of ether oxygens (including phenoxy) is 1. The topological polar surface area (TPSA) is 95.9 Å². The Morgan fingerprint density at radius 3 is 1.00 bits per heavy atom. The third kappa shape index (κ3) is 63.1. The molecule has 2 unspecified atom stereocenters. The van der Waals surface area contributed by atoms with Crippen molar-refractivity contribution in [3.63, 3.8) is 0 Å². The van der Waals surface area contributed by atoms with Gasteiger partial charge in [0.25, 0.3) is 0 Å². The lowest BCUT2D eigenvalue weighted by molar-refractivity contribution is -0.143. The molecule has 77 heavy (non-hydrogen) atoms. The highest BCUT2D eigenvalue weighted by Gasteiger charge is 2.20. The van der Waals surface area contributed by atoms with Crippen LogP contribution in [0.4, 0.5) is 0 Å². The lowest BCUT2D eigenvalue weighted by Crippen LogP contribution is -2.45. The molecule has 0 aliphatic rings. The monoisotopic (exact) mass is 1080 g/mol. The van der Waals surface area contributed by atoms with Gasteiger partial charge in [-0.15, -0.1) is 0 Å². The van der Waals surface area contributed by atoms with Gasteiger partial charge >= 0.3 is 5.97 Å². The van der Waals surface area contributed by atoms with E-state index in [-0.39, 0.29) is 18.5 Å². The van der Waals surface area contributed by atoms with E-state index in [0.29, 0.717) is 25.9 Å². The van der Waals surface area contributed by atoms with Crippen molar-refractivity contribution in [2.45, 2.75) is 392 Å². The number of carbonyl (C=O) groups is 2. The number of allylic oxidation sites excluding steroid dienone is 6. The molecular formula is C71H135NO5. The third-order valence-corrected chi connectivity index (χ3v) is 16.2. The zero-order valence-electron chi connectivity index (χ0n) is 52.0. The standard InChI is InChI=1S/C71H135NO5/c1-3-5-7-9-11-13-15-17-19-21-29-33-37-41-45-49-53-57-61-65-71(76)77-66-62-58-54-50-46-42-38-34-31-28-26-24-22-23-25-27-30-32-36-40-44-48-52-56-60-64-70(75)72-68(67-73)69(74)63-59-55-51-47-43-39-35-20-18-16-14-12-10-8-6-4-2/h17,19,23-26,68-69,73-74H,3-16,18,20-22,27-67H2,1-2H3,(H,72,75)/b19-17-,25-23-,26-24-. The number of nitrogens with one attached hydrogen (secondary N) is 1. The van der Waals surface area contributed by atoms with Gasteiger partial charge in [0.15, 0.2) is 0 Å². The number of rotatable bonds is 65. The second-order valence-corrected chi connectivity index (χ2v) is 23.9. The van der Waals surface area contributed by atoms with E-state index in [4.69, 9.17) is 4.74 Å². The Balaban J connectivity index is 3.41. The number of aliphatic hydroxyl groups is 2. The van der Waals surface area contributed by atoms with Crippen molar-refractivity contribution in [2.75, 3.05) is 13.2 Å². The Hall–Kier alpha value is -1.92. The summed E-state index contributed by atoms with van der Waals surface area (Å²) in [4.78, 5) is 24.6. The number of carbonyl (C=O) groups excluding carboxylic acids is 2. The summed E-state index contributed by atoms with van der Waals surface area (Å²) in [5.74, 6) is -0.0296. The molecule has 0 heterocycles. The summed E-state index contributed by atoms with van der Waals surface area (Å²) in [6.45, 7) is 4.97. The summed E-state index contributed by atoms with van der Waals surface area (Å²) in [5.41, 5.74) is 0. The number of esters is 1. The molecule has 2 atom stereocenters. The summed E-state index contributed by atoms with van der Waals surface area (Å²) in [7, 11) is 0. The Bertz CT molecular complexity index is 1250. The minimum atomic E-state index is -0.669. The van der Waals surface area contributed by atoms with E-state index in [9.17, 15) is 19.8 Å². The van der Waals surface area contributed by atoms with Crippen LogP contribution in [0.25, 0.3) is 0 Å². The molecular weight excluding hydrogens is 947 g/mol. The molecule has 3 N–H and O–H groups in total. The van der Waals surface area contributed by atoms with Crippen molar-refractivity contribution in [3.8, 4) is 0 Å². The van der Waals surface area contributed by atoms with Crippen molar-refractivity contribution in [3.05, 3.63) is 36.5 Å². The lowest BCUT2D eigenvalue weighted by Gasteiger charge is -2.22. The van der Waals surface area contributed by atoms with Crippen LogP contribution in [0.15, 0.2) is 36.5 Å². The highest BCUT2D eigenvalue weighted by atomic mass is 16.5. The quantitative estimate of drug-likeness (QED) is 0.0320. The van der Waals surface area contributed by atoms with E-state index >= 15 is 0 Å². The van der Waals surface area contributed by atoms with Crippen LogP contribution >= 0.6 is 0 Å². The van der Waals surface area contributed by atoms with E-state index in [1.165, 1.54) is 295 Å². The molecule has 6 nitrogen and oxygen atoms in total. The number of hydrogen-bond donors (Lipinski definition) is 3. The predicted octanol–water partition coefficient (Wildman–Crippen LogP) is 22.3. The predicted molar refractivity (Wildman–Crippen MR) is 338 cm³/mol. The number of unbranched alkanes of at least 4 members (excludes halogenated alkanes) is 48. The molecule has 1 amide bonds. The van der Waals surface area contributed by atoms with Gasteiger partial charge in [-0.3, -0.25) is 9.59 Å². The molecule has 0 aromatic rings. The van der Waals surface area contributed by atoms with E-state index < -0.39 is 12.1 Å². The number of hydrogen-bond acceptors (Lipinski definition) is 5. The summed E-state index contributed by atoms with van der Waals surface area (Å²) < 4.78 is 5.50. The molecule has 6 heteroatoms. The Morgan fingerprint density at radius 1 is 0.364 bits per heavy atom. The minimum Gasteiger partial charge on any atom is -0.466 e. The zero-order chi connectivity index (χ0) is 55.7. The normalized spacial score (nSPS) is 12.7. The molecule has 0 saturated carbocycles. The van der Waals surface area contributed by atoms with Gasteiger partial charge in [-0.2, -0.15) is 0 Å². The fourth-order valence-corrected chi connectivity index (χ4v) is 10.8. The fraction of sp³-hybridized carbons (Fsp3) is 0.887. The van der Waals surface area contributed by atoms with Gasteiger partial charge in [0.1, 0.15) is 0 Å². The molecule has 454 valence electrons. The average Bonchev–Trinajstić information content (AvgIpc) is 3.43. The maximum Gasteiger partial charge on any atom is 0.305 e. The largest absolute Gasteiger partial charge is 0.466 e. The van der Waals surface area contributed by atoms with Crippen molar-refractivity contribution < 1.29 is 24.5 Å². The zero-order valence-corrected chi connectivity index (χ0v) is 52.0. The maximum atomic E-state index is 12.5. The molecule has 0 saturated heterocycles. The summed E-state index contributed by atoms with van der Waals surface area (Å²) >= 11 is 0. The molecule has 0 radical (unpaired) electrons. The first-order valence-corrected chi connectivity index (χ1v) is 34.7. The van der Waals surface area contributed by atoms with Crippen LogP contribution in [0.5, 0.6) is 0 Å². The van der Waals surface area contributed by atoms with Crippen LogP contribution in [0.1, 0.15) is 380 Å². The van der Waals surface area contributed by atoms with Crippen LogP contribution in [0.2, 0.25) is 0 Å². The van der Waals surface area contributed by atoms with E-state index in [2.05, 4.69) is 55.6 Å². The van der Waals surface area contributed by atoms with Gasteiger partial charge < -0.3 is 20.3 Å². The molecule has 0 spiro atoms. The van der Waals surface area contributed by atoms with Gasteiger partial charge in [0.2, 0.25) is 5.91 Å². The Morgan fingerprint density at radius 2 is 0.649 bits per heavy atom. The van der Waals surface area contributed by atoms with Crippen molar-refractivity contribution in [1.82, 2.24) is 5.32 Å². The molecule has 0 fully saturated rings. The second kappa shape index (κ2) is 66.6. The van der Waals surface area contributed by atoms with Crippen LogP contribution < -0.4 is 5.32 Å². The van der Waals surface area contributed by atoms with Crippen molar-refractivity contribution in [1.29, 1.82) is 0 Å². The van der Waals surface area contributed by atoms with Gasteiger partial charge in [0.05, 0.1) is 25.4 Å². The Labute approximate surface area is 481 Å². The first kappa shape index (κ1) is 75.1. The summed E-state index contributed by atoms with van der Waals surface area (Å²) in [6.07, 6.45) is 84.7. The average molecular weight is 1080 g/mol. The van der Waals surface area contributed by atoms with Gasteiger partial charge in [-0.25, -0.2) is 0 Å². The van der Waals surface area contributed by atoms with E-state index in [1.54, 1.807) is 0 Å². The molecule has 0 aromatic carbocycles. The first-order chi connectivity index (χ1) is 38.0. The Kier molecular flexibility index (Phi) is 64.9. The highest BCUT2D eigenvalue weighted by molar-refractivity contribution is 5.76. The van der Waals surface area contributed by atoms with Crippen molar-refractivity contribution in [2.24, 2.45) is 0 Å².